The van der Waals surface area contributed by atoms with Crippen molar-refractivity contribution in [1.82, 2.24) is 9.55 Å². The van der Waals surface area contributed by atoms with Gasteiger partial charge in [-0.25, -0.2) is 4.98 Å². The first-order valence-electron chi connectivity index (χ1n) is 5.53. The Bertz CT molecular complexity index is 504. The van der Waals surface area contributed by atoms with Crippen LogP contribution in [0.1, 0.15) is 32.1 Å². The van der Waals surface area contributed by atoms with E-state index in [0.29, 0.717) is 12.6 Å². The lowest BCUT2D eigenvalue weighted by molar-refractivity contribution is 0.522. The summed E-state index contributed by atoms with van der Waals surface area (Å²) in [7, 11) is 0. The third-order valence-electron chi connectivity index (χ3n) is 2.94. The van der Waals surface area contributed by atoms with Crippen LogP contribution in [0.4, 0.5) is 0 Å². The van der Waals surface area contributed by atoms with Crippen LogP contribution >= 0.6 is 11.6 Å². The molecule has 2 rings (SSSR count). The normalized spacial score (nSPS) is 13.2. The number of rotatable bonds is 3. The monoisotopic (exact) mass is 237 g/mol. The van der Waals surface area contributed by atoms with Crippen molar-refractivity contribution >= 4 is 22.6 Å². The van der Waals surface area contributed by atoms with Crippen LogP contribution in [0.3, 0.4) is 0 Å². The lowest BCUT2D eigenvalue weighted by Crippen LogP contribution is -2.11. The van der Waals surface area contributed by atoms with E-state index in [1.807, 2.05) is 18.2 Å². The molecule has 4 heteroatoms. The highest BCUT2D eigenvalue weighted by atomic mass is 35.5. The first kappa shape index (κ1) is 11.4. The van der Waals surface area contributed by atoms with E-state index in [0.717, 1.165) is 28.3 Å². The Hall–Kier alpha value is -1.06. The third kappa shape index (κ3) is 1.81. The minimum Gasteiger partial charge on any atom is -0.324 e. The average Bonchev–Trinajstić information content (AvgIpc) is 2.65. The maximum atomic E-state index is 6.02. The molecule has 0 aliphatic carbocycles. The van der Waals surface area contributed by atoms with Gasteiger partial charge in [0.25, 0.3) is 0 Å². The number of hydrogen-bond acceptors (Lipinski definition) is 2. The molecule has 3 nitrogen and oxygen atoms in total. The fourth-order valence-corrected chi connectivity index (χ4v) is 2.10. The molecule has 0 amide bonds. The highest BCUT2D eigenvalue weighted by molar-refractivity contribution is 6.31. The number of imidazole rings is 1. The molecule has 0 spiro atoms. The number of nitrogens with zero attached hydrogens (tertiary/aromatic N) is 2. The number of halogens is 1. The van der Waals surface area contributed by atoms with E-state index in [1.165, 1.54) is 0 Å². The van der Waals surface area contributed by atoms with E-state index >= 15 is 0 Å². The van der Waals surface area contributed by atoms with Gasteiger partial charge in [-0.1, -0.05) is 18.5 Å². The zero-order valence-corrected chi connectivity index (χ0v) is 10.3. The van der Waals surface area contributed by atoms with Crippen molar-refractivity contribution in [2.24, 2.45) is 5.73 Å². The standard InChI is InChI=1S/C12H16ClN3/c1-3-8(2)16-11-6-9(13)4-5-10(11)15-12(16)7-14/h4-6,8H,3,7,14H2,1-2H3. The fourth-order valence-electron chi connectivity index (χ4n) is 1.93. The number of nitrogens with two attached hydrogens (primary N) is 1. The highest BCUT2D eigenvalue weighted by Crippen LogP contribution is 2.25. The van der Waals surface area contributed by atoms with Crippen molar-refractivity contribution in [1.29, 1.82) is 0 Å². The first-order valence-corrected chi connectivity index (χ1v) is 5.91. The zero-order valence-electron chi connectivity index (χ0n) is 9.57. The maximum absolute atomic E-state index is 6.02. The average molecular weight is 238 g/mol. The predicted octanol–water partition coefficient (Wildman–Crippen LogP) is 3.12. The van der Waals surface area contributed by atoms with Crippen LogP contribution < -0.4 is 5.73 Å². The van der Waals surface area contributed by atoms with Crippen LogP contribution in [0, 0.1) is 0 Å². The molecule has 86 valence electrons. The van der Waals surface area contributed by atoms with Gasteiger partial charge in [0.15, 0.2) is 0 Å². The molecule has 2 aromatic rings. The molecule has 0 saturated heterocycles. The Morgan fingerprint density at radius 3 is 2.88 bits per heavy atom. The van der Waals surface area contributed by atoms with E-state index in [4.69, 9.17) is 17.3 Å². The second-order valence-corrected chi connectivity index (χ2v) is 4.43. The smallest absolute Gasteiger partial charge is 0.123 e. The summed E-state index contributed by atoms with van der Waals surface area (Å²) in [6.45, 7) is 4.78. The molecule has 1 aromatic heterocycles. The van der Waals surface area contributed by atoms with E-state index in [9.17, 15) is 0 Å². The van der Waals surface area contributed by atoms with Gasteiger partial charge in [-0.05, 0) is 31.5 Å². The van der Waals surface area contributed by atoms with Crippen molar-refractivity contribution < 1.29 is 0 Å². The van der Waals surface area contributed by atoms with E-state index in [1.54, 1.807) is 0 Å². The maximum Gasteiger partial charge on any atom is 0.123 e. The molecule has 1 heterocycles. The summed E-state index contributed by atoms with van der Waals surface area (Å²) in [6.07, 6.45) is 1.05. The third-order valence-corrected chi connectivity index (χ3v) is 3.17. The number of benzene rings is 1. The molecule has 0 aliphatic rings. The number of fused-ring (bicyclic) bond motifs is 1. The largest absolute Gasteiger partial charge is 0.324 e. The molecular formula is C12H16ClN3. The van der Waals surface area contributed by atoms with Crippen LogP contribution in [-0.2, 0) is 6.54 Å². The molecule has 1 aromatic carbocycles. The minimum absolute atomic E-state index is 0.391. The molecule has 0 bridgehead atoms. The van der Waals surface area contributed by atoms with Crippen LogP contribution in [0.25, 0.3) is 11.0 Å². The van der Waals surface area contributed by atoms with Crippen molar-refractivity contribution in [3.05, 3.63) is 29.0 Å². The van der Waals surface area contributed by atoms with E-state index < -0.39 is 0 Å². The Labute approximate surface area is 100 Å². The summed E-state index contributed by atoms with van der Waals surface area (Å²) in [5.74, 6) is 0.923. The Morgan fingerprint density at radius 1 is 1.50 bits per heavy atom. The summed E-state index contributed by atoms with van der Waals surface area (Å²) in [5.41, 5.74) is 7.76. The van der Waals surface area contributed by atoms with Crippen molar-refractivity contribution in [3.63, 3.8) is 0 Å². The van der Waals surface area contributed by atoms with Gasteiger partial charge in [-0.2, -0.15) is 0 Å². The lowest BCUT2D eigenvalue weighted by Gasteiger charge is -2.15. The molecule has 0 aliphatic heterocycles. The molecule has 0 saturated carbocycles. The predicted molar refractivity (Wildman–Crippen MR) is 67.6 cm³/mol. The Morgan fingerprint density at radius 2 is 2.25 bits per heavy atom. The Kier molecular flexibility index (Phi) is 3.17. The first-order chi connectivity index (χ1) is 7.67. The van der Waals surface area contributed by atoms with Crippen LogP contribution in [0.5, 0.6) is 0 Å². The minimum atomic E-state index is 0.391. The van der Waals surface area contributed by atoms with Gasteiger partial charge in [-0.3, -0.25) is 0 Å². The van der Waals surface area contributed by atoms with Gasteiger partial charge in [0.05, 0.1) is 17.6 Å². The summed E-state index contributed by atoms with van der Waals surface area (Å²) in [5, 5.41) is 0.737. The number of hydrogen-bond donors (Lipinski definition) is 1. The van der Waals surface area contributed by atoms with Gasteiger partial charge in [0, 0.05) is 11.1 Å². The second kappa shape index (κ2) is 4.44. The van der Waals surface area contributed by atoms with Gasteiger partial charge in [0.2, 0.25) is 0 Å². The van der Waals surface area contributed by atoms with Crippen molar-refractivity contribution in [3.8, 4) is 0 Å². The van der Waals surface area contributed by atoms with Crippen molar-refractivity contribution in [2.75, 3.05) is 0 Å². The highest BCUT2D eigenvalue weighted by Gasteiger charge is 2.13. The molecule has 16 heavy (non-hydrogen) atoms. The van der Waals surface area contributed by atoms with Crippen molar-refractivity contribution in [2.45, 2.75) is 32.9 Å². The molecule has 0 radical (unpaired) electrons. The van der Waals surface area contributed by atoms with Crippen LogP contribution in [0.2, 0.25) is 5.02 Å². The van der Waals surface area contributed by atoms with Crippen LogP contribution in [0.15, 0.2) is 18.2 Å². The quantitative estimate of drug-likeness (QED) is 0.892. The molecule has 1 unspecified atom stereocenters. The van der Waals surface area contributed by atoms with Gasteiger partial charge < -0.3 is 10.3 Å². The van der Waals surface area contributed by atoms with Gasteiger partial charge >= 0.3 is 0 Å². The fraction of sp³-hybridized carbons (Fsp3) is 0.417. The second-order valence-electron chi connectivity index (χ2n) is 3.99. The Balaban J connectivity index is 2.70. The zero-order chi connectivity index (χ0) is 11.7. The SMILES string of the molecule is CCC(C)n1c(CN)nc2ccc(Cl)cc21. The molecule has 2 N–H and O–H groups in total. The van der Waals surface area contributed by atoms with Gasteiger partial charge in [0.1, 0.15) is 5.82 Å². The lowest BCUT2D eigenvalue weighted by atomic mass is 10.2. The van der Waals surface area contributed by atoms with Crippen LogP contribution in [-0.4, -0.2) is 9.55 Å². The molecule has 1 atom stereocenters. The summed E-state index contributed by atoms with van der Waals surface area (Å²) in [4.78, 5) is 4.52. The summed E-state index contributed by atoms with van der Waals surface area (Å²) < 4.78 is 2.18. The topological polar surface area (TPSA) is 43.8 Å². The molecule has 0 fully saturated rings. The van der Waals surface area contributed by atoms with E-state index in [2.05, 4.69) is 23.4 Å². The molecular weight excluding hydrogens is 222 g/mol. The summed E-state index contributed by atoms with van der Waals surface area (Å²) >= 11 is 6.02. The number of aromatic nitrogens is 2. The summed E-state index contributed by atoms with van der Waals surface area (Å²) in [6, 6.07) is 6.14. The van der Waals surface area contributed by atoms with E-state index in [-0.39, 0.29) is 0 Å². The van der Waals surface area contributed by atoms with Gasteiger partial charge in [-0.15, -0.1) is 0 Å².